The van der Waals surface area contributed by atoms with Crippen molar-refractivity contribution in [2.24, 2.45) is 0 Å². The third-order valence-electron chi connectivity index (χ3n) is 29.1. The topological polar surface area (TPSA) is 0 Å². The van der Waals surface area contributed by atoms with Crippen LogP contribution in [0.25, 0.3) is 237 Å². The fraction of sp³-hybridized carbons (Fsp3) is 0.0164. The van der Waals surface area contributed by atoms with Crippen LogP contribution >= 0.6 is 22.7 Å². The summed E-state index contributed by atoms with van der Waals surface area (Å²) in [6.45, 7) is 0. The molecule has 29 rings (SSSR count). The molecule has 0 amide bonds. The van der Waals surface area contributed by atoms with Gasteiger partial charge in [0.15, 0.2) is 0 Å². The van der Waals surface area contributed by atoms with E-state index in [9.17, 15) is 0 Å². The van der Waals surface area contributed by atoms with Gasteiger partial charge in [-0.05, 0) is 308 Å². The van der Waals surface area contributed by atoms with Crippen LogP contribution in [0.15, 0.2) is 413 Å². The van der Waals surface area contributed by atoms with Crippen LogP contribution in [0.2, 0.25) is 0 Å². The highest BCUT2D eigenvalue weighted by Gasteiger charge is 2.55. The van der Waals surface area contributed by atoms with Crippen molar-refractivity contribution in [3.8, 4) is 100 Å². The molecule has 4 aliphatic carbocycles. The Hall–Kier alpha value is -15.2. The largest absolute Gasteiger partial charge is 0.135 e. The Balaban J connectivity index is 0.597. The molecule has 2 spiro atoms. The molecule has 23 aromatic carbocycles. The predicted octanol–water partition coefficient (Wildman–Crippen LogP) is 33.8. The minimum atomic E-state index is -0.634. The quantitative estimate of drug-likeness (QED) is 0.151. The van der Waals surface area contributed by atoms with E-state index in [-0.39, 0.29) is 0 Å². The Morgan fingerprint density at radius 2 is 0.460 bits per heavy atom. The molecule has 1 atom stereocenters. The molecule has 25 aromatic rings. The molecule has 0 saturated heterocycles. The van der Waals surface area contributed by atoms with Crippen molar-refractivity contribution >= 4 is 160 Å². The highest BCUT2D eigenvalue weighted by molar-refractivity contribution is 7.26. The van der Waals surface area contributed by atoms with E-state index < -0.39 is 10.8 Å². The summed E-state index contributed by atoms with van der Waals surface area (Å²) in [4.78, 5) is 0. The smallest absolute Gasteiger partial charge is 0.0731 e. The van der Waals surface area contributed by atoms with Gasteiger partial charge in [-0.3, -0.25) is 0 Å². The molecule has 1 unspecified atom stereocenters. The fourth-order valence-corrected chi connectivity index (χ4v) is 26.5. The van der Waals surface area contributed by atoms with Crippen molar-refractivity contribution in [3.05, 3.63) is 457 Å². The van der Waals surface area contributed by atoms with E-state index in [0.29, 0.717) is 0 Å². The average Bonchev–Trinajstić information content (AvgIpc) is 1.50. The highest BCUT2D eigenvalue weighted by Crippen LogP contribution is 2.68. The van der Waals surface area contributed by atoms with E-state index in [4.69, 9.17) is 0 Å². The lowest BCUT2D eigenvalue weighted by atomic mass is 9.69. The van der Waals surface area contributed by atoms with Crippen LogP contribution in [0.3, 0.4) is 0 Å². The van der Waals surface area contributed by atoms with Gasteiger partial charge in [0.2, 0.25) is 0 Å². The lowest BCUT2D eigenvalue weighted by molar-refractivity contribution is 0.802. The standard InChI is InChI=1S/C122H68S2/c1-2-23-72-68-112-102(65-71(72)22-1)101-67-80(51-60-111(101)124-112)116-94-35-11-7-31-90(94)114(91-32-8-12-36-95(91)116)77-45-52-82-75(61-77)43-54-96-117-81-24-4-3-21-69(81)47-57-107(117)122(119(82)96)105-39-19-15-27-86(105)99-64-74(49-56-106(99)122)73-42-41-70-48-58-108-118(98(70)63-73)97-55-44-76-62-78(46-53-83(76)120(97)121(108)103-37-17-13-25-84(103)85-26-14-18-38-104(85)121)113-88-29-5-9-33-92(88)115(93-34-10-6-30-89(93)113)79-50-59-110-100(66-79)87-28-16-20-40-109(87)123-110/h1-68H. The maximum absolute atomic E-state index is 2.55. The number of benzene rings is 23. The second-order valence-corrected chi connectivity index (χ2v) is 37.0. The normalized spacial score (nSPS) is 14.4. The Morgan fingerprint density at radius 3 is 0.984 bits per heavy atom. The first-order chi connectivity index (χ1) is 61.5. The molecule has 2 aromatic heterocycles. The predicted molar refractivity (Wildman–Crippen MR) is 530 cm³/mol. The van der Waals surface area contributed by atoms with Gasteiger partial charge in [-0.1, -0.05) is 346 Å². The molecule has 0 radical (unpaired) electrons. The molecule has 0 nitrogen and oxygen atoms in total. The summed E-state index contributed by atoms with van der Waals surface area (Å²) in [6, 6.07) is 160. The van der Waals surface area contributed by atoms with Gasteiger partial charge in [-0.15, -0.1) is 22.7 Å². The minimum absolute atomic E-state index is 0.599. The van der Waals surface area contributed by atoms with Gasteiger partial charge in [0.25, 0.3) is 0 Å². The third kappa shape index (κ3) is 8.80. The Morgan fingerprint density at radius 1 is 0.137 bits per heavy atom. The van der Waals surface area contributed by atoms with Crippen LogP contribution in [-0.4, -0.2) is 0 Å². The van der Waals surface area contributed by atoms with Crippen molar-refractivity contribution in [2.45, 2.75) is 10.8 Å². The van der Waals surface area contributed by atoms with Crippen LogP contribution in [-0.2, 0) is 10.8 Å². The molecule has 0 bridgehead atoms. The summed E-state index contributed by atoms with van der Waals surface area (Å²) in [5.74, 6) is 0. The number of rotatable bonds is 5. The first kappa shape index (κ1) is 67.6. The van der Waals surface area contributed by atoms with Gasteiger partial charge >= 0.3 is 0 Å². The van der Waals surface area contributed by atoms with E-state index in [0.717, 1.165) is 0 Å². The molecule has 568 valence electrons. The monoisotopic (exact) mass is 1600 g/mol. The van der Waals surface area contributed by atoms with Gasteiger partial charge in [0.05, 0.1) is 10.8 Å². The zero-order valence-electron chi connectivity index (χ0n) is 67.1. The van der Waals surface area contributed by atoms with E-state index in [2.05, 4.69) is 413 Å². The second-order valence-electron chi connectivity index (χ2n) is 34.9. The first-order valence-corrected chi connectivity index (χ1v) is 44.9. The average molecular weight is 1600 g/mol. The zero-order chi connectivity index (χ0) is 80.5. The van der Waals surface area contributed by atoms with Crippen LogP contribution in [0.1, 0.15) is 44.5 Å². The third-order valence-corrected chi connectivity index (χ3v) is 31.4. The van der Waals surface area contributed by atoms with Gasteiger partial charge < -0.3 is 0 Å². The van der Waals surface area contributed by atoms with Crippen molar-refractivity contribution in [1.29, 1.82) is 0 Å². The molecule has 0 fully saturated rings. The maximum atomic E-state index is 2.55. The molecule has 124 heavy (non-hydrogen) atoms. The molecule has 4 aliphatic rings. The van der Waals surface area contributed by atoms with Crippen molar-refractivity contribution in [1.82, 2.24) is 0 Å². The number of fused-ring (bicyclic) bond motifs is 39. The zero-order valence-corrected chi connectivity index (χ0v) is 68.7. The van der Waals surface area contributed by atoms with E-state index in [1.165, 1.54) is 282 Å². The summed E-state index contributed by atoms with van der Waals surface area (Å²) in [5.41, 5.74) is 32.3. The molecule has 2 heteroatoms. The van der Waals surface area contributed by atoms with Crippen molar-refractivity contribution in [3.63, 3.8) is 0 Å². The molecular formula is C122H68S2. The molecule has 0 saturated carbocycles. The summed E-state index contributed by atoms with van der Waals surface area (Å²) < 4.78 is 5.27. The fourth-order valence-electron chi connectivity index (χ4n) is 24.3. The van der Waals surface area contributed by atoms with Crippen LogP contribution in [0.5, 0.6) is 0 Å². The molecule has 2 heterocycles. The van der Waals surface area contributed by atoms with E-state index in [1.807, 2.05) is 22.7 Å². The van der Waals surface area contributed by atoms with E-state index >= 15 is 0 Å². The number of hydrogen-bond donors (Lipinski definition) is 0. The second kappa shape index (κ2) is 24.8. The Kier molecular flexibility index (Phi) is 13.5. The molecular weight excluding hydrogens is 1530 g/mol. The Labute approximate surface area is 722 Å². The maximum Gasteiger partial charge on any atom is 0.0731 e. The first-order valence-electron chi connectivity index (χ1n) is 43.3. The van der Waals surface area contributed by atoms with Gasteiger partial charge in [0, 0.05) is 40.3 Å². The van der Waals surface area contributed by atoms with Gasteiger partial charge in [-0.2, -0.15) is 0 Å². The van der Waals surface area contributed by atoms with Crippen LogP contribution in [0, 0.1) is 0 Å². The summed E-state index contributed by atoms with van der Waals surface area (Å²) in [7, 11) is 0. The number of thiophene rings is 2. The Bertz CT molecular complexity index is 9060. The molecule has 0 aliphatic heterocycles. The molecule has 0 N–H and O–H groups in total. The highest BCUT2D eigenvalue weighted by atomic mass is 32.1. The van der Waals surface area contributed by atoms with E-state index in [1.54, 1.807) is 0 Å². The summed E-state index contributed by atoms with van der Waals surface area (Å²) in [6.07, 6.45) is 0. The van der Waals surface area contributed by atoms with Gasteiger partial charge in [0.1, 0.15) is 0 Å². The minimum Gasteiger partial charge on any atom is -0.135 e. The summed E-state index contributed by atoms with van der Waals surface area (Å²) >= 11 is 3.77. The van der Waals surface area contributed by atoms with Gasteiger partial charge in [-0.25, -0.2) is 0 Å². The van der Waals surface area contributed by atoms with Crippen molar-refractivity contribution in [2.75, 3.05) is 0 Å². The SMILES string of the molecule is c1ccc2c(c1)-c1cc(-c3ccc4ccc5c(c4c3)-c3ccc4cc(-c6c7ccccc7c(-c7ccc8sc9ccccc9c8c7)c7ccccc67)ccc4c3C53c4ccccc4-c4ccccc43)ccc1C21c2ccc3ccccc3c2-c2ccc3cc(-c4c5ccccc5c(-c5ccc6sc7cc8ccccc8cc7c6c5)c5ccccc45)ccc3c21. The lowest BCUT2D eigenvalue weighted by Gasteiger charge is -2.32. The lowest BCUT2D eigenvalue weighted by Crippen LogP contribution is -2.26. The van der Waals surface area contributed by atoms with Crippen molar-refractivity contribution < 1.29 is 0 Å². The van der Waals surface area contributed by atoms with Crippen LogP contribution in [0.4, 0.5) is 0 Å². The number of hydrogen-bond acceptors (Lipinski definition) is 2. The van der Waals surface area contributed by atoms with Crippen LogP contribution < -0.4 is 0 Å². The summed E-state index contributed by atoms with van der Waals surface area (Å²) in [5, 5.41) is 27.9.